The van der Waals surface area contributed by atoms with E-state index in [2.05, 4.69) is 0 Å². The molecule has 0 aliphatic carbocycles. The van der Waals surface area contributed by atoms with Crippen LogP contribution in [0.4, 0.5) is 0 Å². The van der Waals surface area contributed by atoms with Crippen molar-refractivity contribution >= 4 is 17.6 Å². The Morgan fingerprint density at radius 1 is 0.917 bits per heavy atom. The average molecular weight is 215 g/mol. The lowest BCUT2D eigenvalue weighted by Crippen LogP contribution is -2.56. The van der Waals surface area contributed by atoms with Crippen molar-refractivity contribution < 1.29 is 28.8 Å². The zero-order valence-electron chi connectivity index (χ0n) is 6.25. The summed E-state index contributed by atoms with van der Waals surface area (Å²) >= 11 is 0. The van der Waals surface area contributed by atoms with Gasteiger partial charge in [-0.3, -0.25) is 0 Å². The second kappa shape index (κ2) is 3.91. The van der Waals surface area contributed by atoms with Gasteiger partial charge in [0.25, 0.3) is 0 Å². The van der Waals surface area contributed by atoms with Gasteiger partial charge in [-0.1, -0.05) is 0 Å². The SMILES string of the molecule is NCCC([Si](O)(O)O)[Si](O)(O)O. The molecule has 0 aliphatic rings. The molecule has 0 aromatic heterocycles. The predicted octanol–water partition coefficient (Wildman–Crippen LogP) is -3.92. The Kier molecular flexibility index (Phi) is 3.96. The van der Waals surface area contributed by atoms with Crippen molar-refractivity contribution in [3.05, 3.63) is 0 Å². The van der Waals surface area contributed by atoms with Gasteiger partial charge in [-0.15, -0.1) is 0 Å². The molecular formula is C3H13NO6Si2. The number of hydrogen-bond donors (Lipinski definition) is 7. The standard InChI is InChI=1S/C3H13NO6Si2/c4-2-1-3(11(5,6)7)12(8,9)10/h3,5-10H,1-2,4H2. The maximum atomic E-state index is 8.69. The van der Waals surface area contributed by atoms with E-state index in [-0.39, 0.29) is 13.0 Å². The lowest BCUT2D eigenvalue weighted by atomic mass is 10.5. The summed E-state index contributed by atoms with van der Waals surface area (Å²) in [7, 11) is -9.42. The molecule has 0 spiro atoms. The van der Waals surface area contributed by atoms with E-state index in [4.69, 9.17) is 34.5 Å². The summed E-state index contributed by atoms with van der Waals surface area (Å²) in [4.78, 5) is 52.2. The molecule has 0 bridgehead atoms. The molecule has 0 aliphatic heterocycles. The largest absolute Gasteiger partial charge is 0.500 e. The van der Waals surface area contributed by atoms with E-state index in [1.54, 1.807) is 0 Å². The molecule has 0 rings (SSSR count). The Bertz CT molecular complexity index is 127. The van der Waals surface area contributed by atoms with Crippen molar-refractivity contribution in [2.75, 3.05) is 6.54 Å². The highest BCUT2D eigenvalue weighted by molar-refractivity contribution is 6.78. The molecule has 8 N–H and O–H groups in total. The van der Waals surface area contributed by atoms with Crippen LogP contribution >= 0.6 is 0 Å². The maximum absolute atomic E-state index is 8.69. The van der Waals surface area contributed by atoms with Gasteiger partial charge in [0.1, 0.15) is 0 Å². The normalized spacial score (nSPS) is 14.0. The highest BCUT2D eigenvalue weighted by Gasteiger charge is 2.55. The highest BCUT2D eigenvalue weighted by Crippen LogP contribution is 2.24. The van der Waals surface area contributed by atoms with Crippen LogP contribution in [0, 0.1) is 0 Å². The van der Waals surface area contributed by atoms with Crippen LogP contribution in [0.5, 0.6) is 0 Å². The van der Waals surface area contributed by atoms with Gasteiger partial charge in [-0.05, 0) is 13.0 Å². The van der Waals surface area contributed by atoms with Crippen molar-refractivity contribution in [1.29, 1.82) is 0 Å². The van der Waals surface area contributed by atoms with Crippen molar-refractivity contribution in [2.45, 2.75) is 11.6 Å². The van der Waals surface area contributed by atoms with E-state index >= 15 is 0 Å². The summed E-state index contributed by atoms with van der Waals surface area (Å²) in [6.07, 6.45) is -0.245. The fourth-order valence-corrected chi connectivity index (χ4v) is 4.00. The molecule has 0 saturated heterocycles. The van der Waals surface area contributed by atoms with Crippen LogP contribution in [0.15, 0.2) is 0 Å². The molecule has 12 heavy (non-hydrogen) atoms. The zero-order valence-corrected chi connectivity index (χ0v) is 8.25. The van der Waals surface area contributed by atoms with Gasteiger partial charge in [0.2, 0.25) is 0 Å². The lowest BCUT2D eigenvalue weighted by Gasteiger charge is -2.25. The molecule has 74 valence electrons. The van der Waals surface area contributed by atoms with Gasteiger partial charge >= 0.3 is 17.6 Å². The van der Waals surface area contributed by atoms with Crippen LogP contribution in [0.2, 0.25) is 5.16 Å². The van der Waals surface area contributed by atoms with Crippen LogP contribution in [0.3, 0.4) is 0 Å². The Hall–Kier alpha value is 0.154. The summed E-state index contributed by atoms with van der Waals surface area (Å²) in [5, 5.41) is -1.69. The van der Waals surface area contributed by atoms with Crippen LogP contribution in [-0.2, 0) is 0 Å². The van der Waals surface area contributed by atoms with Crippen LogP contribution in [-0.4, -0.2) is 52.9 Å². The molecule has 0 atom stereocenters. The van der Waals surface area contributed by atoms with Gasteiger partial charge in [-0.2, -0.15) is 0 Å². The predicted molar refractivity (Wildman–Crippen MR) is 42.2 cm³/mol. The number of rotatable bonds is 4. The van der Waals surface area contributed by atoms with Crippen molar-refractivity contribution in [3.8, 4) is 0 Å². The first kappa shape index (κ1) is 12.2. The van der Waals surface area contributed by atoms with Gasteiger partial charge in [0, 0.05) is 0 Å². The fraction of sp³-hybridized carbons (Fsp3) is 1.00. The van der Waals surface area contributed by atoms with E-state index in [0.717, 1.165) is 0 Å². The lowest BCUT2D eigenvalue weighted by molar-refractivity contribution is 0.172. The van der Waals surface area contributed by atoms with Gasteiger partial charge in [-0.25, -0.2) is 0 Å². The first-order chi connectivity index (χ1) is 5.19. The molecule has 0 saturated carbocycles. The monoisotopic (exact) mass is 215 g/mol. The average Bonchev–Trinajstić information content (AvgIpc) is 1.77. The molecule has 7 nitrogen and oxygen atoms in total. The topological polar surface area (TPSA) is 147 Å². The quantitative estimate of drug-likeness (QED) is 0.237. The Labute approximate surface area is 71.1 Å². The van der Waals surface area contributed by atoms with E-state index < -0.39 is 22.8 Å². The molecule has 0 unspecified atom stereocenters. The van der Waals surface area contributed by atoms with E-state index in [9.17, 15) is 0 Å². The molecule has 0 radical (unpaired) electrons. The third-order valence-corrected chi connectivity index (χ3v) is 6.16. The van der Waals surface area contributed by atoms with Crippen LogP contribution in [0.1, 0.15) is 6.42 Å². The van der Waals surface area contributed by atoms with Gasteiger partial charge < -0.3 is 34.5 Å². The minimum absolute atomic E-state index is 0.0858. The molecule has 9 heteroatoms. The smallest absolute Gasteiger partial charge is 0.390 e. The van der Waals surface area contributed by atoms with E-state index in [1.165, 1.54) is 0 Å². The second-order valence-corrected chi connectivity index (χ2v) is 7.22. The van der Waals surface area contributed by atoms with Crippen LogP contribution < -0.4 is 5.73 Å². The minimum Gasteiger partial charge on any atom is -0.390 e. The molecular weight excluding hydrogens is 202 g/mol. The minimum atomic E-state index is -4.71. The molecule has 0 heterocycles. The van der Waals surface area contributed by atoms with Crippen LogP contribution in [0.25, 0.3) is 0 Å². The maximum Gasteiger partial charge on any atom is 0.500 e. The Morgan fingerprint density at radius 2 is 1.25 bits per heavy atom. The van der Waals surface area contributed by atoms with E-state index in [1.807, 2.05) is 0 Å². The van der Waals surface area contributed by atoms with Gasteiger partial charge in [0.15, 0.2) is 0 Å². The third kappa shape index (κ3) is 3.70. The number of hydrogen-bond acceptors (Lipinski definition) is 7. The van der Waals surface area contributed by atoms with Gasteiger partial charge in [0.05, 0.1) is 5.16 Å². The Balaban J connectivity index is 4.45. The molecule has 0 aromatic carbocycles. The molecule has 0 fully saturated rings. The highest BCUT2D eigenvalue weighted by atomic mass is 28.5. The second-order valence-electron chi connectivity index (χ2n) is 2.50. The molecule has 0 amide bonds. The van der Waals surface area contributed by atoms with Crippen molar-refractivity contribution in [1.82, 2.24) is 0 Å². The first-order valence-electron chi connectivity index (χ1n) is 3.24. The summed E-state index contributed by atoms with van der Waals surface area (Å²) in [5.41, 5.74) is 5.00. The summed E-state index contributed by atoms with van der Waals surface area (Å²) in [6, 6.07) is 0. The Morgan fingerprint density at radius 3 is 1.33 bits per heavy atom. The summed E-state index contributed by atoms with van der Waals surface area (Å²) in [5.74, 6) is 0. The van der Waals surface area contributed by atoms with Crippen molar-refractivity contribution in [2.24, 2.45) is 5.73 Å². The first-order valence-corrected chi connectivity index (χ1v) is 7.07. The molecule has 0 aromatic rings. The summed E-state index contributed by atoms with van der Waals surface area (Å²) < 4.78 is 0. The third-order valence-electron chi connectivity index (χ3n) is 1.39. The zero-order chi connectivity index (χ0) is 9.99. The van der Waals surface area contributed by atoms with E-state index in [0.29, 0.717) is 0 Å². The number of nitrogens with two attached hydrogens (primary N) is 1. The summed E-state index contributed by atoms with van der Waals surface area (Å²) in [6.45, 7) is -0.0858. The van der Waals surface area contributed by atoms with Crippen molar-refractivity contribution in [3.63, 3.8) is 0 Å². The fourth-order valence-electron chi connectivity index (χ4n) is 0.814.